The smallest absolute Gasteiger partial charge is 0.442 e. The van der Waals surface area contributed by atoms with E-state index in [2.05, 4.69) is 9.47 Å². The molecule has 0 bridgehead atoms. The number of halogens is 14. The minimum Gasteiger partial charge on any atom is -0.460 e. The van der Waals surface area contributed by atoms with E-state index in [0.29, 0.717) is 13.8 Å². The fourth-order valence-electron chi connectivity index (χ4n) is 1.88. The third kappa shape index (κ3) is 5.61. The fraction of sp³-hybridized carbons (Fsp3) is 0.846. The first-order valence-electron chi connectivity index (χ1n) is 7.40. The predicted molar refractivity (Wildman–Crippen MR) is 67.6 cm³/mol. The SMILES string of the molecule is CC(CC(C)OC(=O)C(F)(C(F)(F)F)C(F)(F)F)OC(=O)C(F)(C(F)(F)F)C(F)(F)F. The molecule has 31 heavy (non-hydrogen) atoms. The van der Waals surface area contributed by atoms with E-state index in [4.69, 9.17) is 0 Å². The third-order valence-electron chi connectivity index (χ3n) is 3.41. The molecular weight excluding hydrogens is 486 g/mol. The van der Waals surface area contributed by atoms with Crippen molar-refractivity contribution < 1.29 is 80.5 Å². The van der Waals surface area contributed by atoms with Crippen molar-refractivity contribution in [2.45, 2.75) is 68.5 Å². The standard InChI is InChI=1S/C13H10F14O4/c1-4(30-6(28)8(14,10(16,17)18)11(19,20)21)3-5(2)31-7(29)9(15,12(22,23)24)13(25,26)27/h4-5H,3H2,1-2H3. The lowest BCUT2D eigenvalue weighted by atomic mass is 10.0. The van der Waals surface area contributed by atoms with E-state index in [1.165, 1.54) is 0 Å². The molecule has 0 aliphatic heterocycles. The first-order chi connectivity index (χ1) is 13.3. The van der Waals surface area contributed by atoms with Crippen LogP contribution in [0, 0.1) is 0 Å². The Morgan fingerprint density at radius 3 is 0.903 bits per heavy atom. The predicted octanol–water partition coefficient (Wildman–Crippen LogP) is 4.91. The van der Waals surface area contributed by atoms with Crippen molar-refractivity contribution in [3.8, 4) is 0 Å². The highest BCUT2D eigenvalue weighted by molar-refractivity contribution is 5.82. The Balaban J connectivity index is 5.43. The highest BCUT2D eigenvalue weighted by Gasteiger charge is 2.80. The summed E-state index contributed by atoms with van der Waals surface area (Å²) in [6.07, 6.45) is -33.3. The van der Waals surface area contributed by atoms with Gasteiger partial charge in [0.05, 0.1) is 0 Å². The number of hydrogen-bond donors (Lipinski definition) is 0. The van der Waals surface area contributed by atoms with Crippen molar-refractivity contribution in [2.75, 3.05) is 0 Å². The van der Waals surface area contributed by atoms with Gasteiger partial charge in [0.2, 0.25) is 0 Å². The molecule has 0 aromatic rings. The number of alkyl halides is 14. The molecule has 0 saturated heterocycles. The maximum Gasteiger partial charge on any atom is 0.442 e. The summed E-state index contributed by atoms with van der Waals surface area (Å²) >= 11 is 0. The van der Waals surface area contributed by atoms with Crippen LogP contribution in [0.3, 0.4) is 0 Å². The van der Waals surface area contributed by atoms with Crippen LogP contribution in [0.4, 0.5) is 61.5 Å². The van der Waals surface area contributed by atoms with Gasteiger partial charge in [-0.05, 0) is 13.8 Å². The van der Waals surface area contributed by atoms with Gasteiger partial charge in [-0.2, -0.15) is 52.7 Å². The van der Waals surface area contributed by atoms with Crippen LogP contribution in [0.5, 0.6) is 0 Å². The van der Waals surface area contributed by atoms with Crippen molar-refractivity contribution in [1.29, 1.82) is 0 Å². The van der Waals surface area contributed by atoms with Crippen molar-refractivity contribution in [1.82, 2.24) is 0 Å². The van der Waals surface area contributed by atoms with Crippen LogP contribution in [0.1, 0.15) is 20.3 Å². The largest absolute Gasteiger partial charge is 0.460 e. The normalized spacial score (nSPS) is 16.5. The number of carbonyl (C=O) groups is 2. The Labute approximate surface area is 162 Å². The zero-order chi connectivity index (χ0) is 25.4. The fourth-order valence-corrected chi connectivity index (χ4v) is 1.88. The van der Waals surface area contributed by atoms with E-state index in [1.807, 2.05) is 0 Å². The van der Waals surface area contributed by atoms with Crippen LogP contribution in [0.25, 0.3) is 0 Å². The average Bonchev–Trinajstić information content (AvgIpc) is 2.47. The Morgan fingerprint density at radius 2 is 0.742 bits per heavy atom. The molecule has 0 radical (unpaired) electrons. The lowest BCUT2D eigenvalue weighted by Gasteiger charge is -2.30. The van der Waals surface area contributed by atoms with E-state index in [0.717, 1.165) is 0 Å². The Hall–Kier alpha value is -2.04. The topological polar surface area (TPSA) is 52.6 Å². The number of rotatable bonds is 6. The van der Waals surface area contributed by atoms with Gasteiger partial charge in [0.15, 0.2) is 0 Å². The zero-order valence-electron chi connectivity index (χ0n) is 14.8. The van der Waals surface area contributed by atoms with Gasteiger partial charge in [-0.15, -0.1) is 0 Å². The maximum atomic E-state index is 13.4. The molecule has 0 aliphatic carbocycles. The molecule has 0 amide bonds. The van der Waals surface area contributed by atoms with E-state index in [-0.39, 0.29) is 0 Å². The minimum absolute atomic E-state index is 0.436. The van der Waals surface area contributed by atoms with Crippen molar-refractivity contribution in [3.05, 3.63) is 0 Å². The molecule has 2 atom stereocenters. The summed E-state index contributed by atoms with van der Waals surface area (Å²) in [6, 6.07) is 0. The van der Waals surface area contributed by atoms with Crippen LogP contribution in [0.2, 0.25) is 0 Å². The summed E-state index contributed by atoms with van der Waals surface area (Å²) in [7, 11) is 0. The van der Waals surface area contributed by atoms with Gasteiger partial charge in [-0.3, -0.25) is 0 Å². The molecule has 2 unspecified atom stereocenters. The average molecular weight is 496 g/mol. The van der Waals surface area contributed by atoms with Crippen molar-refractivity contribution >= 4 is 11.9 Å². The third-order valence-corrected chi connectivity index (χ3v) is 3.41. The van der Waals surface area contributed by atoms with E-state index in [9.17, 15) is 71.1 Å². The van der Waals surface area contributed by atoms with Gasteiger partial charge in [0.1, 0.15) is 12.2 Å². The second-order valence-corrected chi connectivity index (χ2v) is 5.98. The summed E-state index contributed by atoms with van der Waals surface area (Å²) in [5.41, 5.74) is -13.0. The van der Waals surface area contributed by atoms with Gasteiger partial charge in [-0.25, -0.2) is 18.4 Å². The highest BCUT2D eigenvalue weighted by Crippen LogP contribution is 2.48. The number of ether oxygens (including phenoxy) is 2. The number of esters is 2. The first kappa shape index (κ1) is 29.0. The van der Waals surface area contributed by atoms with Gasteiger partial charge < -0.3 is 9.47 Å². The monoisotopic (exact) mass is 496 g/mol. The molecule has 0 saturated carbocycles. The van der Waals surface area contributed by atoms with Gasteiger partial charge in [-0.1, -0.05) is 0 Å². The van der Waals surface area contributed by atoms with Gasteiger partial charge in [0, 0.05) is 6.42 Å². The summed E-state index contributed by atoms with van der Waals surface area (Å²) in [4.78, 5) is 22.2. The quantitative estimate of drug-likeness (QED) is 0.388. The van der Waals surface area contributed by atoms with Crippen LogP contribution in [-0.4, -0.2) is 60.2 Å². The Bertz CT molecular complexity index is 575. The van der Waals surface area contributed by atoms with Crippen molar-refractivity contribution in [2.24, 2.45) is 0 Å². The molecule has 184 valence electrons. The number of carbonyl (C=O) groups excluding carboxylic acids is 2. The lowest BCUT2D eigenvalue weighted by molar-refractivity contribution is -0.334. The summed E-state index contributed by atoms with van der Waals surface area (Å²) in [5, 5.41) is 0. The van der Waals surface area contributed by atoms with Crippen LogP contribution >= 0.6 is 0 Å². The molecule has 0 fully saturated rings. The maximum absolute atomic E-state index is 13.4. The molecule has 18 heteroatoms. The molecule has 0 heterocycles. The molecule has 0 spiro atoms. The molecular formula is C13H10F14O4. The molecule has 0 aliphatic rings. The zero-order valence-corrected chi connectivity index (χ0v) is 14.8. The molecule has 4 nitrogen and oxygen atoms in total. The van der Waals surface area contributed by atoms with Gasteiger partial charge in [0.25, 0.3) is 0 Å². The molecule has 0 N–H and O–H groups in total. The van der Waals surface area contributed by atoms with Crippen LogP contribution in [-0.2, 0) is 19.1 Å². The molecule has 0 aromatic carbocycles. The van der Waals surface area contributed by atoms with Crippen LogP contribution in [0.15, 0.2) is 0 Å². The first-order valence-corrected chi connectivity index (χ1v) is 7.40. The van der Waals surface area contributed by atoms with Crippen LogP contribution < -0.4 is 0 Å². The molecule has 0 rings (SSSR count). The number of hydrogen-bond acceptors (Lipinski definition) is 4. The van der Waals surface area contributed by atoms with Crippen molar-refractivity contribution in [3.63, 3.8) is 0 Å². The van der Waals surface area contributed by atoms with Gasteiger partial charge >= 0.3 is 48.0 Å². The highest BCUT2D eigenvalue weighted by atomic mass is 19.4. The Morgan fingerprint density at radius 1 is 0.548 bits per heavy atom. The molecule has 0 aromatic heterocycles. The Kier molecular flexibility index (Phi) is 7.92. The second-order valence-electron chi connectivity index (χ2n) is 5.98. The summed E-state index contributed by atoms with van der Waals surface area (Å²) in [5.74, 6) is -7.10. The van der Waals surface area contributed by atoms with E-state index in [1.54, 1.807) is 0 Å². The van der Waals surface area contributed by atoms with E-state index >= 15 is 0 Å². The second kappa shape index (κ2) is 8.48. The lowest BCUT2D eigenvalue weighted by Crippen LogP contribution is -2.60. The minimum atomic E-state index is -6.85. The van der Waals surface area contributed by atoms with E-state index < -0.39 is 66.6 Å². The summed E-state index contributed by atoms with van der Waals surface area (Å²) < 4.78 is 182. The summed E-state index contributed by atoms with van der Waals surface area (Å²) in [6.45, 7) is 0.872.